The van der Waals surface area contributed by atoms with E-state index < -0.39 is 29.4 Å². The third kappa shape index (κ3) is 6.93. The van der Waals surface area contributed by atoms with Crippen molar-refractivity contribution in [3.05, 3.63) is 190 Å². The summed E-state index contributed by atoms with van der Waals surface area (Å²) in [4.78, 5) is 0. The number of hydrogen-bond acceptors (Lipinski definition) is 6. The van der Waals surface area contributed by atoms with Gasteiger partial charge >= 0.3 is 17.2 Å². The quantitative estimate of drug-likeness (QED) is 0.117. The summed E-state index contributed by atoms with van der Waals surface area (Å²) in [6.07, 6.45) is -1.03. The minimum atomic E-state index is -1.97. The van der Waals surface area contributed by atoms with E-state index in [1.165, 1.54) is 22.3 Å². The van der Waals surface area contributed by atoms with E-state index in [2.05, 4.69) is 48.5 Å². The highest BCUT2D eigenvalue weighted by molar-refractivity contribution is 7.43. The summed E-state index contributed by atoms with van der Waals surface area (Å²) in [5.74, 6) is 2.48. The molecule has 2 bridgehead atoms. The van der Waals surface area contributed by atoms with Crippen LogP contribution in [0.1, 0.15) is 56.3 Å². The van der Waals surface area contributed by atoms with Crippen molar-refractivity contribution in [2.75, 3.05) is 0 Å². The number of para-hydroxylation sites is 4. The fourth-order valence-corrected chi connectivity index (χ4v) is 9.69. The van der Waals surface area contributed by atoms with Crippen LogP contribution in [0.15, 0.2) is 146 Å². The Labute approximate surface area is 308 Å². The zero-order valence-corrected chi connectivity index (χ0v) is 31.3. The zero-order valence-electron chi connectivity index (χ0n) is 29.5. The Bertz CT molecular complexity index is 1890. The first-order valence-electron chi connectivity index (χ1n) is 17.5. The number of fused-ring (bicyclic) bond motifs is 1. The Kier molecular flexibility index (Phi) is 9.99. The average Bonchev–Trinajstić information content (AvgIpc) is 3.16. The van der Waals surface area contributed by atoms with Gasteiger partial charge in [0.15, 0.2) is 0 Å². The van der Waals surface area contributed by atoms with Crippen LogP contribution >= 0.6 is 17.2 Å². The second kappa shape index (κ2) is 15.1. The molecule has 0 fully saturated rings. The van der Waals surface area contributed by atoms with Gasteiger partial charge in [0, 0.05) is 11.8 Å². The third-order valence-corrected chi connectivity index (χ3v) is 12.0. The molecule has 6 aromatic rings. The fourth-order valence-electron chi connectivity index (χ4n) is 7.10. The van der Waals surface area contributed by atoms with Crippen molar-refractivity contribution >= 4 is 17.2 Å². The van der Waals surface area contributed by atoms with Crippen LogP contribution < -0.4 is 18.1 Å². The minimum absolute atomic E-state index is 0.165. The third-order valence-electron chi connectivity index (χ3n) is 9.79. The molecule has 0 spiro atoms. The normalized spacial score (nSPS) is 18.5. The molecular weight excluding hydrogens is 686 g/mol. The maximum absolute atomic E-state index is 7.21. The van der Waals surface area contributed by atoms with Crippen LogP contribution in [0.25, 0.3) is 0 Å². The van der Waals surface area contributed by atoms with E-state index in [9.17, 15) is 0 Å². The second-order valence-corrected chi connectivity index (χ2v) is 15.3. The smallest absolute Gasteiger partial charge is 0.417 e. The van der Waals surface area contributed by atoms with Crippen molar-refractivity contribution in [3.63, 3.8) is 0 Å². The molecule has 0 saturated heterocycles. The molecule has 52 heavy (non-hydrogen) atoms. The molecule has 0 aliphatic heterocycles. The molecule has 0 amide bonds. The number of benzene rings is 6. The van der Waals surface area contributed by atoms with Gasteiger partial charge in [-0.2, -0.15) is 0 Å². The van der Waals surface area contributed by atoms with Crippen molar-refractivity contribution in [2.24, 2.45) is 0 Å². The van der Waals surface area contributed by atoms with Gasteiger partial charge in [0.05, 0.1) is 0 Å². The van der Waals surface area contributed by atoms with Gasteiger partial charge in [-0.25, -0.2) is 0 Å². The van der Waals surface area contributed by atoms with E-state index in [0.717, 1.165) is 22.3 Å². The SMILES string of the molecule is Cc1ccccc1OP(Oc1ccccc1C)OC1C2c3ccccc3C(c3ccccc32)C1OP(Oc1ccccc1C)Oc1ccccc1C. The summed E-state index contributed by atoms with van der Waals surface area (Å²) >= 11 is 0. The molecule has 3 aliphatic rings. The van der Waals surface area contributed by atoms with Crippen LogP contribution in [0.2, 0.25) is 0 Å². The predicted molar refractivity (Wildman–Crippen MR) is 207 cm³/mol. The lowest BCUT2D eigenvalue weighted by molar-refractivity contribution is 0.00740. The summed E-state index contributed by atoms with van der Waals surface area (Å²) in [5, 5.41) is 0. The number of rotatable bonds is 12. The number of aryl methyl sites for hydroxylation is 4. The Hall–Kier alpha value is -4.70. The summed E-state index contributed by atoms with van der Waals surface area (Å²) in [6, 6.07) is 49.0. The van der Waals surface area contributed by atoms with Crippen LogP contribution in [0, 0.1) is 27.7 Å². The van der Waals surface area contributed by atoms with Crippen LogP contribution in [0.3, 0.4) is 0 Å². The van der Waals surface area contributed by atoms with E-state index in [0.29, 0.717) is 23.0 Å². The second-order valence-electron chi connectivity index (χ2n) is 13.2. The summed E-state index contributed by atoms with van der Waals surface area (Å²) in [6.45, 7) is 8.10. The first-order chi connectivity index (χ1) is 25.4. The minimum Gasteiger partial charge on any atom is -0.417 e. The number of hydrogen-bond donors (Lipinski definition) is 0. The van der Waals surface area contributed by atoms with Gasteiger partial charge in [-0.3, -0.25) is 9.05 Å². The highest BCUT2D eigenvalue weighted by Gasteiger charge is 2.54. The zero-order chi connectivity index (χ0) is 35.6. The van der Waals surface area contributed by atoms with Gasteiger partial charge in [0.1, 0.15) is 35.2 Å². The van der Waals surface area contributed by atoms with Gasteiger partial charge in [0.25, 0.3) is 0 Å². The van der Waals surface area contributed by atoms with E-state index in [1.54, 1.807) is 0 Å². The highest BCUT2D eigenvalue weighted by atomic mass is 31.2. The average molecular weight is 727 g/mol. The predicted octanol–water partition coefficient (Wildman–Crippen LogP) is 12.1. The van der Waals surface area contributed by atoms with Crippen molar-refractivity contribution in [2.45, 2.75) is 51.7 Å². The van der Waals surface area contributed by atoms with E-state index in [-0.39, 0.29) is 11.8 Å². The highest BCUT2D eigenvalue weighted by Crippen LogP contribution is 2.60. The molecule has 3 aliphatic carbocycles. The molecule has 0 heterocycles. The fraction of sp³-hybridized carbons (Fsp3) is 0.182. The van der Waals surface area contributed by atoms with Gasteiger partial charge < -0.3 is 18.1 Å². The molecule has 6 nitrogen and oxygen atoms in total. The van der Waals surface area contributed by atoms with Gasteiger partial charge in [-0.15, -0.1) is 0 Å². The van der Waals surface area contributed by atoms with E-state index in [4.69, 9.17) is 27.1 Å². The maximum atomic E-state index is 7.21. The molecule has 0 saturated carbocycles. The van der Waals surface area contributed by atoms with Crippen LogP contribution in [0.4, 0.5) is 0 Å². The molecule has 0 aromatic heterocycles. The molecule has 0 N–H and O–H groups in total. The van der Waals surface area contributed by atoms with Crippen molar-refractivity contribution in [1.29, 1.82) is 0 Å². The molecule has 2 atom stereocenters. The molecule has 8 heteroatoms. The topological polar surface area (TPSA) is 55.4 Å². The lowest BCUT2D eigenvalue weighted by Gasteiger charge is -2.49. The lowest BCUT2D eigenvalue weighted by atomic mass is 9.61. The van der Waals surface area contributed by atoms with Crippen LogP contribution in [0.5, 0.6) is 23.0 Å². The van der Waals surface area contributed by atoms with Crippen molar-refractivity contribution in [3.8, 4) is 23.0 Å². The monoisotopic (exact) mass is 726 g/mol. The maximum Gasteiger partial charge on any atom is 0.463 e. The van der Waals surface area contributed by atoms with Crippen molar-refractivity contribution < 1.29 is 27.1 Å². The Morgan fingerprint density at radius 3 is 0.808 bits per heavy atom. The summed E-state index contributed by atoms with van der Waals surface area (Å²) < 4.78 is 41.1. The van der Waals surface area contributed by atoms with Gasteiger partial charge in [0.2, 0.25) is 0 Å². The van der Waals surface area contributed by atoms with Crippen LogP contribution in [-0.2, 0) is 9.05 Å². The summed E-state index contributed by atoms with van der Waals surface area (Å²) in [7, 11) is -3.94. The van der Waals surface area contributed by atoms with Gasteiger partial charge in [-0.1, -0.05) is 121 Å². The van der Waals surface area contributed by atoms with Crippen molar-refractivity contribution in [1.82, 2.24) is 0 Å². The van der Waals surface area contributed by atoms with E-state index in [1.807, 2.05) is 125 Å². The van der Waals surface area contributed by atoms with Gasteiger partial charge in [-0.05, 0) is 96.5 Å². The van der Waals surface area contributed by atoms with E-state index >= 15 is 0 Å². The largest absolute Gasteiger partial charge is 0.463 e. The molecule has 262 valence electrons. The lowest BCUT2D eigenvalue weighted by Crippen LogP contribution is -2.49. The standard InChI is InChI=1S/C44H40O6P2/c1-29-17-5-13-25-37(29)45-51(46-38-26-14-6-18-30(38)2)49-43-41-33-21-9-11-23-35(33)42(36-24-12-10-22-34(36)41)44(43)50-52(47-39-27-15-7-19-31(39)3)48-40-28-16-8-20-32(40)4/h5-28,41-44H,1-4H3. The Morgan fingerprint density at radius 2 is 0.558 bits per heavy atom. The molecule has 2 unspecified atom stereocenters. The molecule has 6 aromatic carbocycles. The Morgan fingerprint density at radius 1 is 0.327 bits per heavy atom. The van der Waals surface area contributed by atoms with Crippen LogP contribution in [-0.4, -0.2) is 12.2 Å². The first-order valence-corrected chi connectivity index (χ1v) is 19.7. The summed E-state index contributed by atoms with van der Waals surface area (Å²) in [5.41, 5.74) is 8.79. The molecular formula is C44H40O6P2. The molecule has 0 radical (unpaired) electrons. The Balaban J connectivity index is 1.23. The molecule has 9 rings (SSSR count). The first kappa shape index (κ1) is 34.4.